The number of carbonyl (C=O) groups is 1. The summed E-state index contributed by atoms with van der Waals surface area (Å²) in [5.41, 5.74) is 2.38. The Morgan fingerprint density at radius 2 is 1.92 bits per heavy atom. The number of aromatic nitrogens is 2. The molecule has 0 unspecified atom stereocenters. The van der Waals surface area contributed by atoms with Crippen LogP contribution >= 0.6 is 11.3 Å². The number of hydrogen-bond acceptors (Lipinski definition) is 6. The molecule has 0 spiro atoms. The van der Waals surface area contributed by atoms with Crippen LogP contribution in [0.3, 0.4) is 0 Å². The van der Waals surface area contributed by atoms with Crippen molar-refractivity contribution in [2.75, 3.05) is 19.0 Å². The molecule has 3 aromatic rings. The maximum atomic E-state index is 12.4. The van der Waals surface area contributed by atoms with Crippen LogP contribution in [0, 0.1) is 6.92 Å². The molecule has 2 aromatic carbocycles. The van der Waals surface area contributed by atoms with Gasteiger partial charge in [-0.25, -0.2) is 0 Å². The molecule has 0 aliphatic carbocycles. The summed E-state index contributed by atoms with van der Waals surface area (Å²) in [6, 6.07) is 12.9. The number of rotatable bonds is 6. The van der Waals surface area contributed by atoms with E-state index in [-0.39, 0.29) is 5.91 Å². The molecule has 0 aliphatic rings. The molecule has 0 bridgehead atoms. The third-order valence-corrected chi connectivity index (χ3v) is 4.61. The zero-order chi connectivity index (χ0) is 18.5. The van der Waals surface area contributed by atoms with Gasteiger partial charge in [0, 0.05) is 11.1 Å². The second kappa shape index (κ2) is 7.97. The standard InChI is InChI=1S/C19H19N3O3S/c1-4-25-16-10-7-14(11-12(16)2)17(23)20-19-22-21-18(26-19)13-5-8-15(24-3)9-6-13/h5-11H,4H2,1-3H3,(H,20,22,23). The number of nitrogens with zero attached hydrogens (tertiary/aromatic N) is 2. The Hall–Kier alpha value is -2.93. The van der Waals surface area contributed by atoms with E-state index in [2.05, 4.69) is 15.5 Å². The van der Waals surface area contributed by atoms with E-state index in [1.54, 1.807) is 25.3 Å². The molecule has 1 heterocycles. The van der Waals surface area contributed by atoms with Crippen molar-refractivity contribution in [2.24, 2.45) is 0 Å². The molecule has 1 amide bonds. The Bertz CT molecular complexity index is 907. The number of carbonyl (C=O) groups excluding carboxylic acids is 1. The molecule has 0 saturated heterocycles. The topological polar surface area (TPSA) is 73.3 Å². The van der Waals surface area contributed by atoms with Crippen molar-refractivity contribution in [1.82, 2.24) is 10.2 Å². The van der Waals surface area contributed by atoms with Crippen molar-refractivity contribution in [2.45, 2.75) is 13.8 Å². The van der Waals surface area contributed by atoms with Gasteiger partial charge in [0.25, 0.3) is 5.91 Å². The average Bonchev–Trinajstić information content (AvgIpc) is 3.12. The SMILES string of the molecule is CCOc1ccc(C(=O)Nc2nnc(-c3ccc(OC)cc3)s2)cc1C. The first-order valence-corrected chi connectivity index (χ1v) is 8.95. The van der Waals surface area contributed by atoms with Gasteiger partial charge < -0.3 is 9.47 Å². The number of nitrogens with one attached hydrogen (secondary N) is 1. The van der Waals surface area contributed by atoms with Gasteiger partial charge in [-0.3, -0.25) is 10.1 Å². The Morgan fingerprint density at radius 1 is 1.15 bits per heavy atom. The van der Waals surface area contributed by atoms with Crippen molar-refractivity contribution in [1.29, 1.82) is 0 Å². The number of benzene rings is 2. The second-order valence-electron chi connectivity index (χ2n) is 5.51. The molecule has 0 fully saturated rings. The summed E-state index contributed by atoms with van der Waals surface area (Å²) in [6.07, 6.45) is 0. The highest BCUT2D eigenvalue weighted by atomic mass is 32.1. The number of hydrogen-bond donors (Lipinski definition) is 1. The summed E-state index contributed by atoms with van der Waals surface area (Å²) in [4.78, 5) is 12.4. The molecule has 0 radical (unpaired) electrons. The molecule has 26 heavy (non-hydrogen) atoms. The summed E-state index contributed by atoms with van der Waals surface area (Å²) in [5.74, 6) is 1.33. The van der Waals surface area contributed by atoms with Crippen molar-refractivity contribution in [3.63, 3.8) is 0 Å². The van der Waals surface area contributed by atoms with Crippen LogP contribution in [0.4, 0.5) is 5.13 Å². The molecule has 134 valence electrons. The highest BCUT2D eigenvalue weighted by molar-refractivity contribution is 7.18. The van der Waals surface area contributed by atoms with Crippen LogP contribution in [0.25, 0.3) is 10.6 Å². The van der Waals surface area contributed by atoms with Gasteiger partial charge in [0.2, 0.25) is 5.13 Å². The van der Waals surface area contributed by atoms with E-state index in [0.29, 0.717) is 17.3 Å². The predicted octanol–water partition coefficient (Wildman–Crippen LogP) is 4.17. The highest BCUT2D eigenvalue weighted by Crippen LogP contribution is 2.28. The van der Waals surface area contributed by atoms with Crippen LogP contribution in [0.15, 0.2) is 42.5 Å². The molecule has 0 atom stereocenters. The molecule has 7 heteroatoms. The van der Waals surface area contributed by atoms with E-state index in [9.17, 15) is 4.79 Å². The monoisotopic (exact) mass is 369 g/mol. The molecule has 0 aliphatic heterocycles. The van der Waals surface area contributed by atoms with Gasteiger partial charge in [-0.15, -0.1) is 10.2 Å². The van der Waals surface area contributed by atoms with Crippen LogP contribution in [-0.4, -0.2) is 29.8 Å². The van der Waals surface area contributed by atoms with Crippen molar-refractivity contribution in [3.05, 3.63) is 53.6 Å². The van der Waals surface area contributed by atoms with E-state index in [1.165, 1.54) is 11.3 Å². The summed E-state index contributed by atoms with van der Waals surface area (Å²) in [6.45, 7) is 4.43. The average molecular weight is 369 g/mol. The Morgan fingerprint density at radius 3 is 2.58 bits per heavy atom. The first-order valence-electron chi connectivity index (χ1n) is 8.13. The Balaban J connectivity index is 1.72. The van der Waals surface area contributed by atoms with E-state index in [0.717, 1.165) is 27.6 Å². The second-order valence-corrected chi connectivity index (χ2v) is 6.49. The zero-order valence-electron chi connectivity index (χ0n) is 14.8. The van der Waals surface area contributed by atoms with Gasteiger partial charge in [-0.2, -0.15) is 0 Å². The van der Waals surface area contributed by atoms with E-state index >= 15 is 0 Å². The largest absolute Gasteiger partial charge is 0.497 e. The molecule has 1 N–H and O–H groups in total. The quantitative estimate of drug-likeness (QED) is 0.706. The number of methoxy groups -OCH3 is 1. The normalized spacial score (nSPS) is 10.4. The van der Waals surface area contributed by atoms with Crippen LogP contribution in [0.2, 0.25) is 0 Å². The third kappa shape index (κ3) is 4.00. The molecule has 6 nitrogen and oxygen atoms in total. The minimum absolute atomic E-state index is 0.228. The van der Waals surface area contributed by atoms with Crippen LogP contribution in [0.5, 0.6) is 11.5 Å². The van der Waals surface area contributed by atoms with E-state index in [4.69, 9.17) is 9.47 Å². The van der Waals surface area contributed by atoms with Crippen LogP contribution in [0.1, 0.15) is 22.8 Å². The predicted molar refractivity (Wildman–Crippen MR) is 102 cm³/mol. The fourth-order valence-corrected chi connectivity index (χ4v) is 3.15. The fraction of sp³-hybridized carbons (Fsp3) is 0.211. The first kappa shape index (κ1) is 17.9. The van der Waals surface area contributed by atoms with Crippen molar-refractivity contribution in [3.8, 4) is 22.1 Å². The molecular formula is C19H19N3O3S. The number of amides is 1. The third-order valence-electron chi connectivity index (χ3n) is 3.72. The van der Waals surface area contributed by atoms with Crippen molar-refractivity contribution >= 4 is 22.4 Å². The molecule has 0 saturated carbocycles. The van der Waals surface area contributed by atoms with E-state index in [1.807, 2.05) is 38.1 Å². The lowest BCUT2D eigenvalue weighted by molar-refractivity contribution is 0.102. The minimum Gasteiger partial charge on any atom is -0.497 e. The molecular weight excluding hydrogens is 350 g/mol. The Kier molecular flexibility index (Phi) is 5.48. The van der Waals surface area contributed by atoms with Crippen LogP contribution < -0.4 is 14.8 Å². The number of aryl methyl sites for hydroxylation is 1. The van der Waals surface area contributed by atoms with E-state index < -0.39 is 0 Å². The van der Waals surface area contributed by atoms with Gasteiger partial charge in [-0.05, 0) is 61.9 Å². The molecule has 1 aromatic heterocycles. The summed E-state index contributed by atoms with van der Waals surface area (Å²) in [5, 5.41) is 12.2. The Labute approximate surface area is 155 Å². The minimum atomic E-state index is -0.228. The number of anilines is 1. The van der Waals surface area contributed by atoms with Crippen molar-refractivity contribution < 1.29 is 14.3 Å². The van der Waals surface area contributed by atoms with Gasteiger partial charge in [0.15, 0.2) is 0 Å². The summed E-state index contributed by atoms with van der Waals surface area (Å²) in [7, 11) is 1.62. The highest BCUT2D eigenvalue weighted by Gasteiger charge is 2.13. The smallest absolute Gasteiger partial charge is 0.257 e. The first-order chi connectivity index (χ1) is 12.6. The zero-order valence-corrected chi connectivity index (χ0v) is 15.6. The van der Waals surface area contributed by atoms with Gasteiger partial charge in [0.05, 0.1) is 13.7 Å². The fourth-order valence-electron chi connectivity index (χ4n) is 2.40. The van der Waals surface area contributed by atoms with Gasteiger partial charge in [-0.1, -0.05) is 11.3 Å². The lowest BCUT2D eigenvalue weighted by Gasteiger charge is -2.08. The van der Waals surface area contributed by atoms with Gasteiger partial charge >= 0.3 is 0 Å². The number of ether oxygens (including phenoxy) is 2. The van der Waals surface area contributed by atoms with Gasteiger partial charge in [0.1, 0.15) is 16.5 Å². The van der Waals surface area contributed by atoms with Crippen LogP contribution in [-0.2, 0) is 0 Å². The summed E-state index contributed by atoms with van der Waals surface area (Å²) >= 11 is 1.32. The maximum Gasteiger partial charge on any atom is 0.257 e. The summed E-state index contributed by atoms with van der Waals surface area (Å²) < 4.78 is 10.6. The lowest BCUT2D eigenvalue weighted by Crippen LogP contribution is -2.12. The maximum absolute atomic E-state index is 12.4. The lowest BCUT2D eigenvalue weighted by atomic mass is 10.1. The molecule has 3 rings (SSSR count).